The van der Waals surface area contributed by atoms with Gasteiger partial charge in [0.1, 0.15) is 0 Å². The number of amidine groups is 1. The van der Waals surface area contributed by atoms with Gasteiger partial charge in [-0.25, -0.2) is 0 Å². The Hall–Kier alpha value is -1.82. The zero-order valence-electron chi connectivity index (χ0n) is 11.8. The number of aryl methyl sites for hydroxylation is 1. The zero-order chi connectivity index (χ0) is 14.8. The van der Waals surface area contributed by atoms with Crippen LogP contribution in [0.4, 0.5) is 5.69 Å². The lowest BCUT2D eigenvalue weighted by Gasteiger charge is -2.16. The molecular formula is C15H17N3O2S. The molecule has 1 fully saturated rings. The Morgan fingerprint density at radius 3 is 2.81 bits per heavy atom. The number of nitrogens with one attached hydrogen (secondary N) is 1. The molecule has 3 rings (SSSR count). The van der Waals surface area contributed by atoms with Crippen molar-refractivity contribution in [3.05, 3.63) is 29.8 Å². The minimum atomic E-state index is -0.303. The molecule has 2 amide bonds. The molecule has 1 aromatic carbocycles. The summed E-state index contributed by atoms with van der Waals surface area (Å²) in [5.41, 5.74) is 2.00. The van der Waals surface area contributed by atoms with E-state index in [1.165, 1.54) is 0 Å². The van der Waals surface area contributed by atoms with Crippen molar-refractivity contribution in [3.63, 3.8) is 0 Å². The largest absolute Gasteiger partial charge is 0.312 e. The first kappa shape index (κ1) is 14.1. The molecule has 0 aromatic heterocycles. The quantitative estimate of drug-likeness (QED) is 0.902. The van der Waals surface area contributed by atoms with Crippen LogP contribution < -0.4 is 10.2 Å². The number of carbonyl (C=O) groups is 2. The Morgan fingerprint density at radius 1 is 1.38 bits per heavy atom. The molecule has 5 nitrogen and oxygen atoms in total. The van der Waals surface area contributed by atoms with Crippen molar-refractivity contribution in [1.82, 2.24) is 5.32 Å². The minimum absolute atomic E-state index is 0.0000156. The highest BCUT2D eigenvalue weighted by Crippen LogP contribution is 2.25. The van der Waals surface area contributed by atoms with Gasteiger partial charge in [-0.2, -0.15) is 0 Å². The number of anilines is 1. The van der Waals surface area contributed by atoms with Crippen LogP contribution in [0.2, 0.25) is 0 Å². The van der Waals surface area contributed by atoms with Crippen molar-refractivity contribution >= 4 is 34.4 Å². The second-order valence-electron chi connectivity index (χ2n) is 5.27. The standard InChI is InChI=1S/C15H17N3O2S/c1-10-2-4-12(5-3-10)18-9-11(8-13(18)19)14(20)17-15-16-6-7-21-15/h2-5,11H,6-9H2,1H3,(H,16,17,20)/t11-/m1/s1. The molecule has 2 heterocycles. The summed E-state index contributed by atoms with van der Waals surface area (Å²) in [6.07, 6.45) is 0.262. The van der Waals surface area contributed by atoms with Crippen molar-refractivity contribution < 1.29 is 9.59 Å². The predicted octanol–water partition coefficient (Wildman–Crippen LogP) is 1.57. The topological polar surface area (TPSA) is 61.8 Å². The van der Waals surface area contributed by atoms with Crippen molar-refractivity contribution in [2.24, 2.45) is 10.9 Å². The van der Waals surface area contributed by atoms with E-state index in [2.05, 4.69) is 10.3 Å². The Kier molecular flexibility index (Phi) is 3.96. The van der Waals surface area contributed by atoms with Crippen molar-refractivity contribution in [3.8, 4) is 0 Å². The van der Waals surface area contributed by atoms with Crippen LogP contribution in [-0.2, 0) is 9.59 Å². The van der Waals surface area contributed by atoms with Crippen molar-refractivity contribution in [2.75, 3.05) is 23.7 Å². The average Bonchev–Trinajstić information content (AvgIpc) is 3.09. The van der Waals surface area contributed by atoms with E-state index in [9.17, 15) is 9.59 Å². The van der Waals surface area contributed by atoms with E-state index in [4.69, 9.17) is 0 Å². The van der Waals surface area contributed by atoms with Crippen LogP contribution >= 0.6 is 11.8 Å². The summed E-state index contributed by atoms with van der Waals surface area (Å²) in [4.78, 5) is 30.2. The first-order valence-corrected chi connectivity index (χ1v) is 7.97. The molecule has 1 atom stereocenters. The summed E-state index contributed by atoms with van der Waals surface area (Å²) in [6, 6.07) is 7.79. The van der Waals surface area contributed by atoms with Gasteiger partial charge in [0.25, 0.3) is 0 Å². The summed E-state index contributed by atoms with van der Waals surface area (Å²) in [5.74, 6) is 0.503. The fourth-order valence-corrected chi connectivity index (χ4v) is 3.21. The fourth-order valence-electron chi connectivity index (χ4n) is 2.48. The lowest BCUT2D eigenvalue weighted by atomic mass is 10.1. The number of benzene rings is 1. The van der Waals surface area contributed by atoms with E-state index in [1.54, 1.807) is 16.7 Å². The van der Waals surface area contributed by atoms with Crippen LogP contribution in [0, 0.1) is 12.8 Å². The van der Waals surface area contributed by atoms with Crippen LogP contribution in [0.5, 0.6) is 0 Å². The average molecular weight is 303 g/mol. The maximum absolute atomic E-state index is 12.2. The number of thioether (sulfide) groups is 1. The summed E-state index contributed by atoms with van der Waals surface area (Å²) >= 11 is 1.55. The second kappa shape index (κ2) is 5.89. The molecular weight excluding hydrogens is 286 g/mol. The van der Waals surface area contributed by atoms with E-state index >= 15 is 0 Å². The molecule has 1 saturated heterocycles. The summed E-state index contributed by atoms with van der Waals surface area (Å²) in [5, 5.41) is 3.50. The first-order valence-electron chi connectivity index (χ1n) is 6.98. The van der Waals surface area contributed by atoms with Crippen molar-refractivity contribution in [2.45, 2.75) is 13.3 Å². The first-order chi connectivity index (χ1) is 10.1. The highest BCUT2D eigenvalue weighted by molar-refractivity contribution is 8.14. The van der Waals surface area contributed by atoms with Gasteiger partial charge in [-0.1, -0.05) is 29.5 Å². The van der Waals surface area contributed by atoms with Gasteiger partial charge in [-0.05, 0) is 19.1 Å². The fraction of sp³-hybridized carbons (Fsp3) is 0.400. The van der Waals surface area contributed by atoms with Crippen LogP contribution in [0.25, 0.3) is 0 Å². The van der Waals surface area contributed by atoms with Gasteiger partial charge in [0, 0.05) is 24.4 Å². The maximum Gasteiger partial charge on any atom is 0.231 e. The SMILES string of the molecule is Cc1ccc(N2C[C@H](C(=O)NC3=NCCS3)CC2=O)cc1. The van der Waals surface area contributed by atoms with E-state index in [-0.39, 0.29) is 24.2 Å². The predicted molar refractivity (Wildman–Crippen MR) is 84.5 cm³/mol. The molecule has 0 spiro atoms. The third-order valence-corrected chi connectivity index (χ3v) is 4.55. The zero-order valence-corrected chi connectivity index (χ0v) is 12.7. The summed E-state index contributed by atoms with van der Waals surface area (Å²) < 4.78 is 0. The van der Waals surface area contributed by atoms with Gasteiger partial charge in [0.2, 0.25) is 11.8 Å². The molecule has 110 valence electrons. The molecule has 0 saturated carbocycles. The maximum atomic E-state index is 12.2. The Balaban J connectivity index is 1.66. The summed E-state index contributed by atoms with van der Waals surface area (Å²) in [7, 11) is 0. The molecule has 21 heavy (non-hydrogen) atoms. The molecule has 0 bridgehead atoms. The van der Waals surface area contributed by atoms with E-state index in [1.807, 2.05) is 31.2 Å². The van der Waals surface area contributed by atoms with Gasteiger partial charge in [-0.3, -0.25) is 14.6 Å². The van der Waals surface area contributed by atoms with Gasteiger partial charge in [0.15, 0.2) is 5.17 Å². The van der Waals surface area contributed by atoms with Crippen LogP contribution in [0.3, 0.4) is 0 Å². The van der Waals surface area contributed by atoms with E-state index in [0.717, 1.165) is 23.5 Å². The molecule has 2 aliphatic heterocycles. The van der Waals surface area contributed by atoms with Gasteiger partial charge < -0.3 is 10.2 Å². The molecule has 0 unspecified atom stereocenters. The number of hydrogen-bond donors (Lipinski definition) is 1. The monoisotopic (exact) mass is 303 g/mol. The lowest BCUT2D eigenvalue weighted by molar-refractivity contribution is -0.125. The minimum Gasteiger partial charge on any atom is -0.312 e. The van der Waals surface area contributed by atoms with Crippen LogP contribution in [0.15, 0.2) is 29.3 Å². The number of amides is 2. The molecule has 6 heteroatoms. The Bertz CT molecular complexity index is 597. The second-order valence-corrected chi connectivity index (χ2v) is 6.35. The van der Waals surface area contributed by atoms with Gasteiger partial charge >= 0.3 is 0 Å². The number of nitrogens with zero attached hydrogens (tertiary/aromatic N) is 2. The molecule has 0 aliphatic carbocycles. The summed E-state index contributed by atoms with van der Waals surface area (Å²) in [6.45, 7) is 3.19. The van der Waals surface area contributed by atoms with Crippen LogP contribution in [0.1, 0.15) is 12.0 Å². The highest BCUT2D eigenvalue weighted by atomic mass is 32.2. The highest BCUT2D eigenvalue weighted by Gasteiger charge is 2.35. The normalized spacial score (nSPS) is 21.6. The number of hydrogen-bond acceptors (Lipinski definition) is 4. The molecule has 2 aliphatic rings. The van der Waals surface area contributed by atoms with E-state index < -0.39 is 0 Å². The van der Waals surface area contributed by atoms with Crippen LogP contribution in [-0.4, -0.2) is 35.8 Å². The third-order valence-electron chi connectivity index (χ3n) is 3.66. The molecule has 1 aromatic rings. The van der Waals surface area contributed by atoms with Crippen molar-refractivity contribution in [1.29, 1.82) is 0 Å². The lowest BCUT2D eigenvalue weighted by Crippen LogP contribution is -2.35. The molecule has 0 radical (unpaired) electrons. The number of rotatable bonds is 2. The van der Waals surface area contributed by atoms with Gasteiger partial charge in [0.05, 0.1) is 12.5 Å². The van der Waals surface area contributed by atoms with E-state index in [0.29, 0.717) is 11.7 Å². The third kappa shape index (κ3) is 3.10. The van der Waals surface area contributed by atoms with Gasteiger partial charge in [-0.15, -0.1) is 0 Å². The Labute approximate surface area is 127 Å². The number of aliphatic imine (C=N–C) groups is 1. The number of carbonyl (C=O) groups excluding carboxylic acids is 2. The smallest absolute Gasteiger partial charge is 0.231 e. The Morgan fingerprint density at radius 2 is 2.14 bits per heavy atom. The molecule has 1 N–H and O–H groups in total.